The number of halogens is 1. The first-order chi connectivity index (χ1) is 13.5. The molecule has 28 heavy (non-hydrogen) atoms. The zero-order chi connectivity index (χ0) is 19.9. The van der Waals surface area contributed by atoms with E-state index in [-0.39, 0.29) is 18.3 Å². The molecule has 148 valence electrons. The van der Waals surface area contributed by atoms with Crippen molar-refractivity contribution in [2.24, 2.45) is 0 Å². The first kappa shape index (κ1) is 20.3. The van der Waals surface area contributed by atoms with Crippen LogP contribution in [0, 0.1) is 0 Å². The molecule has 0 atom stereocenters. The molecular weight excluding hydrogens is 380 g/mol. The predicted octanol–water partition coefficient (Wildman–Crippen LogP) is 3.39. The third-order valence-electron chi connectivity index (χ3n) is 4.43. The van der Waals surface area contributed by atoms with E-state index < -0.39 is 0 Å². The van der Waals surface area contributed by atoms with Gasteiger partial charge in [0.25, 0.3) is 5.91 Å². The lowest BCUT2D eigenvalue weighted by Crippen LogP contribution is -2.35. The number of hydrogen-bond donors (Lipinski definition) is 1. The van der Waals surface area contributed by atoms with Crippen molar-refractivity contribution in [2.45, 2.75) is 13.5 Å². The monoisotopic (exact) mass is 402 g/mol. The van der Waals surface area contributed by atoms with E-state index in [2.05, 4.69) is 10.2 Å². The lowest BCUT2D eigenvalue weighted by molar-refractivity contribution is -0.118. The molecule has 3 rings (SSSR count). The number of anilines is 1. The van der Waals surface area contributed by atoms with Crippen LogP contribution in [-0.4, -0.2) is 49.5 Å². The van der Waals surface area contributed by atoms with Gasteiger partial charge in [0, 0.05) is 30.3 Å². The minimum absolute atomic E-state index is 0.172. The summed E-state index contributed by atoms with van der Waals surface area (Å²) in [5.41, 5.74) is 2.23. The van der Waals surface area contributed by atoms with Crippen molar-refractivity contribution in [3.05, 3.63) is 58.6 Å². The maximum Gasteiger partial charge on any atom is 0.262 e. The summed E-state index contributed by atoms with van der Waals surface area (Å²) < 4.78 is 10.9. The van der Waals surface area contributed by atoms with E-state index in [9.17, 15) is 9.59 Å². The van der Waals surface area contributed by atoms with Crippen molar-refractivity contribution < 1.29 is 19.1 Å². The zero-order valence-corrected chi connectivity index (χ0v) is 16.5. The third kappa shape index (κ3) is 5.79. The number of benzene rings is 2. The molecule has 1 aliphatic heterocycles. The molecule has 0 aromatic heterocycles. The van der Waals surface area contributed by atoms with Crippen LogP contribution in [0.25, 0.3) is 0 Å². The number of nitrogens with one attached hydrogen (secondary N) is 1. The van der Waals surface area contributed by atoms with Gasteiger partial charge in [-0.05, 0) is 42.8 Å². The number of nitrogens with zero attached hydrogens (tertiary/aromatic N) is 1. The summed E-state index contributed by atoms with van der Waals surface area (Å²) in [6.45, 7) is 5.51. The third-order valence-corrected chi connectivity index (χ3v) is 4.66. The molecule has 1 amide bonds. The Balaban J connectivity index is 1.51. The SMILES string of the molecule is CC(=O)c1cc(Cl)ccc1OCC(=O)Nc1ccc(CN2CCOCC2)cc1. The average molecular weight is 403 g/mol. The number of hydrogen-bond acceptors (Lipinski definition) is 5. The van der Waals surface area contributed by atoms with Crippen LogP contribution < -0.4 is 10.1 Å². The minimum atomic E-state index is -0.301. The molecule has 0 unspecified atom stereocenters. The van der Waals surface area contributed by atoms with Crippen LogP contribution in [0.4, 0.5) is 5.69 Å². The standard InChI is InChI=1S/C21H23ClN2O4/c1-15(25)19-12-17(22)4-7-20(19)28-14-21(26)23-18-5-2-16(3-6-18)13-24-8-10-27-11-9-24/h2-7,12H,8-11,13-14H2,1H3,(H,23,26). The molecule has 1 N–H and O–H groups in total. The molecule has 1 saturated heterocycles. The summed E-state index contributed by atoms with van der Waals surface area (Å²) in [4.78, 5) is 26.2. The summed E-state index contributed by atoms with van der Waals surface area (Å²) in [6, 6.07) is 12.5. The number of Topliss-reactive ketones (excluding diaryl/α,β-unsaturated/α-hetero) is 1. The molecule has 2 aromatic rings. The second-order valence-electron chi connectivity index (χ2n) is 6.62. The first-order valence-corrected chi connectivity index (χ1v) is 9.51. The molecule has 7 heteroatoms. The summed E-state index contributed by atoms with van der Waals surface area (Å²) >= 11 is 5.91. The molecule has 0 spiro atoms. The molecule has 0 radical (unpaired) electrons. The lowest BCUT2D eigenvalue weighted by Gasteiger charge is -2.26. The molecule has 2 aromatic carbocycles. The maximum absolute atomic E-state index is 12.2. The number of amides is 1. The summed E-state index contributed by atoms with van der Waals surface area (Å²) in [5.74, 6) is -0.132. The molecule has 1 aliphatic rings. The van der Waals surface area contributed by atoms with Crippen LogP contribution in [0.5, 0.6) is 5.75 Å². The van der Waals surface area contributed by atoms with E-state index in [1.165, 1.54) is 18.6 Å². The summed E-state index contributed by atoms with van der Waals surface area (Å²) in [5, 5.41) is 3.24. The van der Waals surface area contributed by atoms with Gasteiger partial charge >= 0.3 is 0 Å². The van der Waals surface area contributed by atoms with E-state index in [1.807, 2.05) is 24.3 Å². The quantitative estimate of drug-likeness (QED) is 0.719. The Morgan fingerprint density at radius 3 is 2.54 bits per heavy atom. The Bertz CT molecular complexity index is 833. The van der Waals surface area contributed by atoms with Crippen molar-refractivity contribution in [1.82, 2.24) is 4.90 Å². The fourth-order valence-corrected chi connectivity index (χ4v) is 3.13. The van der Waals surface area contributed by atoms with E-state index in [4.69, 9.17) is 21.1 Å². The molecule has 6 nitrogen and oxygen atoms in total. The van der Waals surface area contributed by atoms with Crippen LogP contribution in [-0.2, 0) is 16.1 Å². The van der Waals surface area contributed by atoms with Crippen molar-refractivity contribution in [1.29, 1.82) is 0 Å². The highest BCUT2D eigenvalue weighted by molar-refractivity contribution is 6.31. The molecule has 0 bridgehead atoms. The van der Waals surface area contributed by atoms with Gasteiger partial charge in [0.1, 0.15) is 5.75 Å². The Labute approximate surface area is 169 Å². The van der Waals surface area contributed by atoms with Gasteiger partial charge in [-0.2, -0.15) is 0 Å². The van der Waals surface area contributed by atoms with Crippen molar-refractivity contribution in [2.75, 3.05) is 38.2 Å². The van der Waals surface area contributed by atoms with Crippen LogP contribution >= 0.6 is 11.6 Å². The van der Waals surface area contributed by atoms with E-state index in [1.54, 1.807) is 12.1 Å². The fourth-order valence-electron chi connectivity index (χ4n) is 2.95. The van der Waals surface area contributed by atoms with Crippen molar-refractivity contribution in [3.8, 4) is 5.75 Å². The second-order valence-corrected chi connectivity index (χ2v) is 7.06. The van der Waals surface area contributed by atoms with Crippen molar-refractivity contribution >= 4 is 29.0 Å². The molecule has 0 aliphatic carbocycles. The number of ether oxygens (including phenoxy) is 2. The summed E-state index contributed by atoms with van der Waals surface area (Å²) in [6.07, 6.45) is 0. The zero-order valence-electron chi connectivity index (χ0n) is 15.7. The summed E-state index contributed by atoms with van der Waals surface area (Å²) in [7, 11) is 0. The van der Waals surface area contributed by atoms with E-state index >= 15 is 0 Å². The number of carbonyl (C=O) groups excluding carboxylic acids is 2. The van der Waals surface area contributed by atoms with Crippen molar-refractivity contribution in [3.63, 3.8) is 0 Å². The molecule has 1 fully saturated rings. The maximum atomic E-state index is 12.2. The topological polar surface area (TPSA) is 67.9 Å². The first-order valence-electron chi connectivity index (χ1n) is 9.13. The van der Waals surface area contributed by atoms with Gasteiger partial charge in [-0.15, -0.1) is 0 Å². The Morgan fingerprint density at radius 2 is 1.86 bits per heavy atom. The molecule has 1 heterocycles. The molecular formula is C21H23ClN2O4. The Hall–Kier alpha value is -2.41. The lowest BCUT2D eigenvalue weighted by atomic mass is 10.1. The predicted molar refractivity (Wildman–Crippen MR) is 108 cm³/mol. The highest BCUT2D eigenvalue weighted by atomic mass is 35.5. The fraction of sp³-hybridized carbons (Fsp3) is 0.333. The molecule has 0 saturated carbocycles. The number of morpholine rings is 1. The van der Waals surface area contributed by atoms with Crippen LogP contribution in [0.3, 0.4) is 0 Å². The highest BCUT2D eigenvalue weighted by Gasteiger charge is 2.12. The van der Waals surface area contributed by atoms with Gasteiger partial charge in [-0.25, -0.2) is 0 Å². The van der Waals surface area contributed by atoms with E-state index in [0.29, 0.717) is 22.0 Å². The number of carbonyl (C=O) groups is 2. The average Bonchev–Trinajstić information content (AvgIpc) is 2.69. The Morgan fingerprint density at radius 1 is 1.14 bits per heavy atom. The second kappa shape index (κ2) is 9.68. The van der Waals surface area contributed by atoms with Crippen LogP contribution in [0.1, 0.15) is 22.8 Å². The van der Waals surface area contributed by atoms with Gasteiger partial charge in [-0.1, -0.05) is 23.7 Å². The van der Waals surface area contributed by atoms with E-state index in [0.717, 1.165) is 32.8 Å². The van der Waals surface area contributed by atoms with Gasteiger partial charge in [0.05, 0.1) is 18.8 Å². The smallest absolute Gasteiger partial charge is 0.262 e. The number of ketones is 1. The Kier molecular flexibility index (Phi) is 7.03. The van der Waals surface area contributed by atoms with Crippen LogP contribution in [0.2, 0.25) is 5.02 Å². The van der Waals surface area contributed by atoms with Gasteiger partial charge in [-0.3, -0.25) is 14.5 Å². The highest BCUT2D eigenvalue weighted by Crippen LogP contribution is 2.23. The normalized spacial score (nSPS) is 14.5. The number of rotatable bonds is 7. The van der Waals surface area contributed by atoms with Crippen LogP contribution in [0.15, 0.2) is 42.5 Å². The van der Waals surface area contributed by atoms with Gasteiger partial charge in [0.15, 0.2) is 12.4 Å². The van der Waals surface area contributed by atoms with Gasteiger partial charge in [0.2, 0.25) is 0 Å². The largest absolute Gasteiger partial charge is 0.483 e. The minimum Gasteiger partial charge on any atom is -0.483 e. The van der Waals surface area contributed by atoms with Gasteiger partial charge < -0.3 is 14.8 Å².